The van der Waals surface area contributed by atoms with Crippen molar-refractivity contribution in [2.45, 2.75) is 25.9 Å². The van der Waals surface area contributed by atoms with E-state index in [0.29, 0.717) is 36.0 Å². The fourth-order valence-corrected chi connectivity index (χ4v) is 1.91. The Morgan fingerprint density at radius 3 is 2.63 bits per heavy atom. The standard InChI is InChI=1S/C14H21N3O2/c1-9-6-11(9)17-14(15)16-8-10-4-5-12(18-2)13(7-10)19-3/h4-5,7,9,11H,6,8H2,1-3H3,(H3,15,16,17). The Hall–Kier alpha value is -1.91. The van der Waals surface area contributed by atoms with E-state index in [1.807, 2.05) is 18.2 Å². The first-order valence-corrected chi connectivity index (χ1v) is 6.41. The molecule has 1 aromatic carbocycles. The highest BCUT2D eigenvalue weighted by Gasteiger charge is 2.32. The summed E-state index contributed by atoms with van der Waals surface area (Å²) in [6, 6.07) is 6.23. The molecule has 104 valence electrons. The summed E-state index contributed by atoms with van der Waals surface area (Å²) in [5.41, 5.74) is 6.87. The second kappa shape index (κ2) is 5.82. The summed E-state index contributed by atoms with van der Waals surface area (Å²) in [4.78, 5) is 4.33. The van der Waals surface area contributed by atoms with Crippen LogP contribution in [0.1, 0.15) is 18.9 Å². The Bertz CT molecular complexity index is 474. The molecule has 0 aromatic heterocycles. The highest BCUT2D eigenvalue weighted by molar-refractivity contribution is 5.78. The van der Waals surface area contributed by atoms with Gasteiger partial charge >= 0.3 is 0 Å². The molecule has 2 rings (SSSR count). The second-order valence-electron chi connectivity index (χ2n) is 4.85. The van der Waals surface area contributed by atoms with Crippen molar-refractivity contribution in [3.05, 3.63) is 23.8 Å². The number of benzene rings is 1. The first kappa shape index (κ1) is 13.5. The first-order valence-electron chi connectivity index (χ1n) is 6.41. The van der Waals surface area contributed by atoms with E-state index in [4.69, 9.17) is 15.2 Å². The highest BCUT2D eigenvalue weighted by atomic mass is 16.5. The Labute approximate surface area is 113 Å². The van der Waals surface area contributed by atoms with E-state index in [2.05, 4.69) is 17.2 Å². The molecule has 3 N–H and O–H groups in total. The number of hydrogen-bond donors (Lipinski definition) is 2. The molecule has 0 bridgehead atoms. The molecule has 0 saturated heterocycles. The second-order valence-corrected chi connectivity index (χ2v) is 4.85. The van der Waals surface area contributed by atoms with Crippen molar-refractivity contribution in [3.8, 4) is 11.5 Å². The largest absolute Gasteiger partial charge is 0.493 e. The minimum atomic E-state index is 0.495. The van der Waals surface area contributed by atoms with Crippen molar-refractivity contribution in [3.63, 3.8) is 0 Å². The third-order valence-corrected chi connectivity index (χ3v) is 3.32. The quantitative estimate of drug-likeness (QED) is 0.624. The molecule has 1 saturated carbocycles. The fraction of sp³-hybridized carbons (Fsp3) is 0.500. The molecule has 1 aliphatic rings. The van der Waals surface area contributed by atoms with Crippen molar-refractivity contribution in [1.29, 1.82) is 0 Å². The van der Waals surface area contributed by atoms with Crippen LogP contribution in [-0.2, 0) is 6.54 Å². The van der Waals surface area contributed by atoms with Gasteiger partial charge in [0.2, 0.25) is 0 Å². The van der Waals surface area contributed by atoms with Crippen LogP contribution in [0.2, 0.25) is 0 Å². The molecule has 1 aliphatic carbocycles. The van der Waals surface area contributed by atoms with E-state index in [1.54, 1.807) is 14.2 Å². The van der Waals surface area contributed by atoms with Gasteiger partial charge < -0.3 is 20.5 Å². The lowest BCUT2D eigenvalue weighted by atomic mass is 10.2. The van der Waals surface area contributed by atoms with Crippen LogP contribution in [0.4, 0.5) is 0 Å². The summed E-state index contributed by atoms with van der Waals surface area (Å²) in [5.74, 6) is 2.63. The summed E-state index contributed by atoms with van der Waals surface area (Å²) in [7, 11) is 3.24. The van der Waals surface area contributed by atoms with Crippen molar-refractivity contribution in [1.82, 2.24) is 5.32 Å². The SMILES string of the molecule is COc1ccc(CN=C(N)NC2CC2C)cc1OC. The van der Waals surface area contributed by atoms with Gasteiger partial charge in [0, 0.05) is 6.04 Å². The van der Waals surface area contributed by atoms with Gasteiger partial charge in [0.1, 0.15) is 0 Å². The number of hydrogen-bond acceptors (Lipinski definition) is 3. The summed E-state index contributed by atoms with van der Waals surface area (Å²) in [6.07, 6.45) is 1.17. The van der Waals surface area contributed by atoms with Crippen molar-refractivity contribution >= 4 is 5.96 Å². The van der Waals surface area contributed by atoms with Crippen LogP contribution >= 0.6 is 0 Å². The van der Waals surface area contributed by atoms with Gasteiger partial charge in [-0.25, -0.2) is 4.99 Å². The molecule has 0 amide bonds. The van der Waals surface area contributed by atoms with Crippen LogP contribution in [0.15, 0.2) is 23.2 Å². The number of ether oxygens (including phenoxy) is 2. The van der Waals surface area contributed by atoms with Gasteiger partial charge in [-0.2, -0.15) is 0 Å². The van der Waals surface area contributed by atoms with Gasteiger partial charge in [0.05, 0.1) is 20.8 Å². The first-order chi connectivity index (χ1) is 9.13. The molecule has 0 heterocycles. The number of methoxy groups -OCH3 is 2. The Morgan fingerprint density at radius 1 is 1.37 bits per heavy atom. The highest BCUT2D eigenvalue weighted by Crippen LogP contribution is 2.29. The van der Waals surface area contributed by atoms with Crippen LogP contribution < -0.4 is 20.5 Å². The molecule has 19 heavy (non-hydrogen) atoms. The van der Waals surface area contributed by atoms with Crippen LogP contribution in [0.25, 0.3) is 0 Å². The Morgan fingerprint density at radius 2 is 2.05 bits per heavy atom. The molecule has 1 aromatic rings. The number of nitrogens with zero attached hydrogens (tertiary/aromatic N) is 1. The third-order valence-electron chi connectivity index (χ3n) is 3.32. The lowest BCUT2D eigenvalue weighted by Crippen LogP contribution is -2.34. The molecule has 0 radical (unpaired) electrons. The molecule has 1 fully saturated rings. The van der Waals surface area contributed by atoms with Crippen molar-refractivity contribution < 1.29 is 9.47 Å². The lowest BCUT2D eigenvalue weighted by molar-refractivity contribution is 0.354. The van der Waals surface area contributed by atoms with E-state index in [1.165, 1.54) is 6.42 Å². The van der Waals surface area contributed by atoms with Crippen molar-refractivity contribution in [2.24, 2.45) is 16.6 Å². The van der Waals surface area contributed by atoms with Crippen LogP contribution in [-0.4, -0.2) is 26.2 Å². The summed E-state index contributed by atoms with van der Waals surface area (Å²) < 4.78 is 10.4. The minimum Gasteiger partial charge on any atom is -0.493 e. The topological polar surface area (TPSA) is 68.9 Å². The molecule has 5 heteroatoms. The summed E-state index contributed by atoms with van der Waals surface area (Å²) in [5, 5.41) is 3.20. The van der Waals surface area contributed by atoms with E-state index >= 15 is 0 Å². The molecular weight excluding hydrogens is 242 g/mol. The lowest BCUT2D eigenvalue weighted by Gasteiger charge is -2.09. The van der Waals surface area contributed by atoms with Gasteiger partial charge in [-0.15, -0.1) is 0 Å². The monoisotopic (exact) mass is 263 g/mol. The molecule has 0 spiro atoms. The predicted octanol–water partition coefficient (Wildman–Crippen LogP) is 1.52. The zero-order chi connectivity index (χ0) is 13.8. The van der Waals surface area contributed by atoms with E-state index in [9.17, 15) is 0 Å². The maximum atomic E-state index is 5.83. The zero-order valence-electron chi connectivity index (χ0n) is 11.6. The van der Waals surface area contributed by atoms with E-state index in [-0.39, 0.29) is 0 Å². The fourth-order valence-electron chi connectivity index (χ4n) is 1.91. The Kier molecular flexibility index (Phi) is 4.14. The minimum absolute atomic E-state index is 0.495. The van der Waals surface area contributed by atoms with Crippen LogP contribution in [0.3, 0.4) is 0 Å². The smallest absolute Gasteiger partial charge is 0.189 e. The summed E-state index contributed by atoms with van der Waals surface area (Å²) in [6.45, 7) is 2.72. The Balaban J connectivity index is 1.96. The van der Waals surface area contributed by atoms with Crippen molar-refractivity contribution in [2.75, 3.05) is 14.2 Å². The summed E-state index contributed by atoms with van der Waals surface area (Å²) >= 11 is 0. The van der Waals surface area contributed by atoms with Gasteiger partial charge in [-0.1, -0.05) is 13.0 Å². The number of rotatable bonds is 5. The average molecular weight is 263 g/mol. The van der Waals surface area contributed by atoms with Gasteiger partial charge in [0.15, 0.2) is 17.5 Å². The molecule has 0 aliphatic heterocycles. The number of guanidine groups is 1. The third kappa shape index (κ3) is 3.53. The van der Waals surface area contributed by atoms with Crippen LogP contribution in [0.5, 0.6) is 11.5 Å². The molecule has 5 nitrogen and oxygen atoms in total. The van der Waals surface area contributed by atoms with Gasteiger partial charge in [0.25, 0.3) is 0 Å². The maximum Gasteiger partial charge on any atom is 0.189 e. The maximum absolute atomic E-state index is 5.83. The van der Waals surface area contributed by atoms with E-state index < -0.39 is 0 Å². The zero-order valence-corrected chi connectivity index (χ0v) is 11.6. The van der Waals surface area contributed by atoms with Gasteiger partial charge in [-0.3, -0.25) is 0 Å². The molecule has 2 atom stereocenters. The normalized spacial score (nSPS) is 21.9. The number of nitrogens with one attached hydrogen (secondary N) is 1. The van der Waals surface area contributed by atoms with E-state index in [0.717, 1.165) is 5.56 Å². The number of nitrogens with two attached hydrogens (primary N) is 1. The molecular formula is C14H21N3O2. The van der Waals surface area contributed by atoms with Gasteiger partial charge in [-0.05, 0) is 30.0 Å². The predicted molar refractivity (Wildman–Crippen MR) is 75.6 cm³/mol. The molecule has 2 unspecified atom stereocenters. The average Bonchev–Trinajstić information content (AvgIpc) is 3.11. The number of aliphatic imine (C=N–C) groups is 1. The van der Waals surface area contributed by atoms with Crippen LogP contribution in [0, 0.1) is 5.92 Å².